The number of aromatic carboxylic acids is 5. The fourth-order valence-corrected chi connectivity index (χ4v) is 19.2. The summed E-state index contributed by atoms with van der Waals surface area (Å²) in [4.78, 5) is 121. The monoisotopic (exact) mass is 2070 g/mol. The predicted molar refractivity (Wildman–Crippen MR) is 532 cm³/mol. The molecule has 0 fully saturated rings. The minimum atomic E-state index is -1.18. The van der Waals surface area contributed by atoms with E-state index in [4.69, 9.17) is 92.8 Å². The fraction of sp³-hybridized carbons (Fsp3) is 0.0625. The third-order valence-electron chi connectivity index (χ3n) is 19.2. The van der Waals surface area contributed by atoms with Gasteiger partial charge in [0.05, 0.1) is 10.6 Å². The van der Waals surface area contributed by atoms with Crippen molar-refractivity contribution in [1.82, 2.24) is 0 Å². The highest BCUT2D eigenvalue weighted by atomic mass is 79.9. The average molecular weight is 2070 g/mol. The van der Waals surface area contributed by atoms with E-state index in [1.54, 1.807) is 173 Å². The summed E-state index contributed by atoms with van der Waals surface area (Å²) in [5, 5.41) is 74.5. The van der Waals surface area contributed by atoms with Crippen molar-refractivity contribution >= 4 is 250 Å². The van der Waals surface area contributed by atoms with E-state index < -0.39 is 53.4 Å². The van der Waals surface area contributed by atoms with Gasteiger partial charge in [-0.05, 0) is 194 Å². The molecule has 5 aromatic heterocycles. The largest absolute Gasteiger partial charge is 0.478 e. The number of rotatable bonds is 21. The molecule has 15 aromatic rings. The number of nitrogens with one attached hydrogen (secondary N) is 5. The van der Waals surface area contributed by atoms with Gasteiger partial charge < -0.3 is 52.1 Å². The highest BCUT2D eigenvalue weighted by molar-refractivity contribution is 9.10. The summed E-state index contributed by atoms with van der Waals surface area (Å²) in [5.41, 5.74) is 11.8. The smallest absolute Gasteiger partial charge is 0.339 e. The molecular weight excluding hydrogens is 2010 g/mol. The van der Waals surface area contributed by atoms with Crippen LogP contribution < -0.4 is 26.6 Å². The van der Waals surface area contributed by atoms with E-state index >= 15 is 0 Å². The molecule has 5 heterocycles. The first-order valence-electron chi connectivity index (χ1n) is 38.3. The summed E-state index contributed by atoms with van der Waals surface area (Å²) >= 11 is 57.2. The van der Waals surface area contributed by atoms with Gasteiger partial charge in [0, 0.05) is 128 Å². The molecule has 0 aliphatic heterocycles. The molecule has 0 radical (unpaired) electrons. The van der Waals surface area contributed by atoms with Crippen molar-refractivity contribution in [2.45, 2.75) is 41.0 Å². The first-order chi connectivity index (χ1) is 62.4. The van der Waals surface area contributed by atoms with Crippen LogP contribution in [0.4, 0.5) is 29.4 Å². The van der Waals surface area contributed by atoms with E-state index in [0.29, 0.717) is 111 Å². The quantitative estimate of drug-likeness (QED) is 0.0320. The van der Waals surface area contributed by atoms with Gasteiger partial charge in [0.1, 0.15) is 58.6 Å². The Hall–Kier alpha value is -11.9. The maximum Gasteiger partial charge on any atom is 0.339 e. The van der Waals surface area contributed by atoms with Crippen LogP contribution in [0.15, 0.2) is 244 Å². The molecule has 15 rings (SSSR count). The topological polar surface area (TPSA) is 332 Å². The van der Waals surface area contributed by atoms with E-state index in [0.717, 1.165) is 89.9 Å². The summed E-state index contributed by atoms with van der Waals surface area (Å²) in [6, 6.07) is 59.0. The number of carbonyl (C=O) groups excluding carboxylic acids is 5. The number of halogens is 10. The molecule has 0 spiro atoms. The van der Waals surface area contributed by atoms with Gasteiger partial charge in [-0.25, -0.2) is 28.4 Å². The van der Waals surface area contributed by atoms with Gasteiger partial charge in [-0.3, -0.25) is 24.0 Å². The Morgan fingerprint density at radius 3 is 0.969 bits per heavy atom. The summed E-state index contributed by atoms with van der Waals surface area (Å²) in [6.45, 7) is 9.26. The van der Waals surface area contributed by atoms with Crippen LogP contribution in [0.1, 0.15) is 138 Å². The van der Waals surface area contributed by atoms with E-state index in [9.17, 15) is 77.9 Å². The molecule has 35 heteroatoms. The number of carboxylic acids is 5. The van der Waals surface area contributed by atoms with Crippen molar-refractivity contribution in [3.8, 4) is 55.6 Å². The lowest BCUT2D eigenvalue weighted by Gasteiger charge is -2.08. The van der Waals surface area contributed by atoms with Crippen molar-refractivity contribution in [2.75, 3.05) is 26.6 Å². The van der Waals surface area contributed by atoms with Crippen molar-refractivity contribution < 1.29 is 77.9 Å². The zero-order valence-corrected chi connectivity index (χ0v) is 80.2. The van der Waals surface area contributed by atoms with Crippen molar-refractivity contribution in [3.63, 3.8) is 0 Å². The van der Waals surface area contributed by atoms with Gasteiger partial charge in [-0.2, -0.15) is 0 Å². The Kier molecular flexibility index (Phi) is 34.5. The van der Waals surface area contributed by atoms with Gasteiger partial charge in [-0.1, -0.05) is 212 Å². The maximum absolute atomic E-state index is 13.7. The Labute approximate surface area is 816 Å². The minimum Gasteiger partial charge on any atom is -0.478 e. The number of hydrogen-bond acceptors (Lipinski definition) is 15. The summed E-state index contributed by atoms with van der Waals surface area (Å²) in [6.07, 6.45) is 0.889. The van der Waals surface area contributed by atoms with Crippen LogP contribution >= 0.6 is 165 Å². The van der Waals surface area contributed by atoms with Crippen LogP contribution in [0.3, 0.4) is 0 Å². The molecular formula is C96H67BrCl8FN5O15S5. The van der Waals surface area contributed by atoms with Gasteiger partial charge >= 0.3 is 29.8 Å². The molecule has 5 amide bonds. The normalized spacial score (nSPS) is 10.6. The number of anilines is 5. The van der Waals surface area contributed by atoms with Gasteiger partial charge in [0.25, 0.3) is 29.5 Å². The summed E-state index contributed by atoms with van der Waals surface area (Å²) < 4.78 is 14.5. The molecule has 10 N–H and O–H groups in total. The van der Waals surface area contributed by atoms with Crippen LogP contribution in [0, 0.1) is 33.5 Å². The standard InChI is InChI=1S/C20H16ClNO3S.C19H13BrFNO3S.2C19H12Cl3NO3S.C19H14ClNO3S/c1-2-12-3-5-14(6-4-12)18(23)22-19-17(20(24)25)16(11-26-19)13-7-9-15(21)10-8-13;1-10-2-3-12(8-15(10)21)17(23)22-18-16(19(24)25)14(9-26-18)11-4-6-13(20)7-5-11;1-9-2-4-12(14(21)6-9)17(24)23-18-16(19(25)26)13(8-27-18)11-5-3-10(20)7-15(11)22;1-9-2-3-10(6-14(9)21)17(24)23-18-16(19(25)26)13(8-27-18)12-5-4-11(20)7-15(12)22;1-11-2-4-13(5-3-11)17(22)21-18-16(19(23)24)15(10-25-18)12-6-8-14(20)9-7-12/h3-11H,2H2,1H3,(H,22,23)(H,24,25);2-9H,1H3,(H,22,23)(H,24,25);2*2-8H,1H3,(H,23,24)(H,25,26);2-10H,1H3,(H,21,22)(H,23,24). The van der Waals surface area contributed by atoms with Crippen molar-refractivity contribution in [3.05, 3.63) is 373 Å². The number of carbonyl (C=O) groups is 10. The maximum atomic E-state index is 13.7. The van der Waals surface area contributed by atoms with Gasteiger partial charge in [-0.15, -0.1) is 56.7 Å². The van der Waals surface area contributed by atoms with Crippen LogP contribution in [-0.4, -0.2) is 84.9 Å². The number of aryl methyl sites for hydroxylation is 5. The Morgan fingerprint density at radius 1 is 0.305 bits per heavy atom. The third-order valence-corrected chi connectivity index (χ3v) is 26.6. The lowest BCUT2D eigenvalue weighted by Crippen LogP contribution is -2.14. The number of benzene rings is 10. The number of amides is 5. The Bertz CT molecular complexity index is 6910. The second kappa shape index (κ2) is 45.3. The highest BCUT2D eigenvalue weighted by Gasteiger charge is 2.29. The molecule has 0 unspecified atom stereocenters. The van der Waals surface area contributed by atoms with Crippen LogP contribution in [-0.2, 0) is 6.42 Å². The Balaban J connectivity index is 0.000000158. The van der Waals surface area contributed by atoms with Crippen molar-refractivity contribution in [2.24, 2.45) is 0 Å². The lowest BCUT2D eigenvalue weighted by molar-refractivity contribution is 0.0688. The third kappa shape index (κ3) is 25.5. The molecule has 0 saturated carbocycles. The van der Waals surface area contributed by atoms with Gasteiger partial charge in [0.15, 0.2) is 0 Å². The lowest BCUT2D eigenvalue weighted by atomic mass is 10.0. The molecule has 131 heavy (non-hydrogen) atoms. The van der Waals surface area contributed by atoms with Crippen LogP contribution in [0.25, 0.3) is 55.6 Å². The van der Waals surface area contributed by atoms with E-state index in [-0.39, 0.29) is 65.8 Å². The average Bonchev–Trinajstić information content (AvgIpc) is 1.67. The molecule has 666 valence electrons. The van der Waals surface area contributed by atoms with E-state index in [1.807, 2.05) is 64.1 Å². The fourth-order valence-electron chi connectivity index (χ4n) is 12.4. The summed E-state index contributed by atoms with van der Waals surface area (Å²) in [7, 11) is 0. The SMILES string of the molecule is CCc1ccc(C(=O)Nc2scc(-c3ccc(Cl)cc3)c2C(=O)O)cc1.Cc1ccc(C(=O)Nc2scc(-c3ccc(Br)cc3)c2C(=O)O)cc1F.Cc1ccc(C(=O)Nc2scc(-c3ccc(Cl)cc3)c2C(=O)O)cc1.Cc1ccc(C(=O)Nc2scc(-c3ccc(Cl)cc3Cl)c2C(=O)O)c(Cl)c1.Cc1ccc(C(=O)Nc2scc(-c3ccc(Cl)cc3Cl)c2C(=O)O)cc1Cl. The van der Waals surface area contributed by atoms with Crippen LogP contribution in [0.2, 0.25) is 40.2 Å². The highest BCUT2D eigenvalue weighted by Crippen LogP contribution is 2.45. The molecule has 0 aliphatic carbocycles. The Morgan fingerprint density at radius 2 is 0.618 bits per heavy atom. The van der Waals surface area contributed by atoms with Gasteiger partial charge in [0.2, 0.25) is 0 Å². The first kappa shape index (κ1) is 99.7. The summed E-state index contributed by atoms with van der Waals surface area (Å²) in [5.74, 6) is -8.34. The van der Waals surface area contributed by atoms with Crippen LogP contribution in [0.5, 0.6) is 0 Å². The zero-order chi connectivity index (χ0) is 94.9. The second-order valence-corrected chi connectivity index (χ2v) is 36.8. The second-order valence-electron chi connectivity index (χ2n) is 28.2. The molecule has 0 bridgehead atoms. The molecule has 0 aliphatic rings. The van der Waals surface area contributed by atoms with E-state index in [1.165, 1.54) is 53.0 Å². The molecule has 10 aromatic carbocycles. The molecule has 0 saturated heterocycles. The number of hydrogen-bond donors (Lipinski definition) is 10. The minimum absolute atomic E-state index is 0.0123. The first-order valence-corrected chi connectivity index (χ1v) is 46.5. The predicted octanol–water partition coefficient (Wildman–Crippen LogP) is 29.8. The number of carboxylic acid groups (broad SMARTS) is 5. The molecule has 0 atom stereocenters. The molecule has 20 nitrogen and oxygen atoms in total. The van der Waals surface area contributed by atoms with Crippen molar-refractivity contribution in [1.29, 1.82) is 0 Å². The van der Waals surface area contributed by atoms with E-state index in [2.05, 4.69) is 42.5 Å². The zero-order valence-electron chi connectivity index (χ0n) is 68.4. The number of thiophene rings is 5.